The van der Waals surface area contributed by atoms with Gasteiger partial charge < -0.3 is 4.90 Å². The van der Waals surface area contributed by atoms with Crippen LogP contribution in [-0.2, 0) is 0 Å². The van der Waals surface area contributed by atoms with Crippen molar-refractivity contribution in [3.05, 3.63) is 66.0 Å². The molecule has 1 amide bonds. The van der Waals surface area contributed by atoms with E-state index in [1.165, 1.54) is 11.0 Å². The number of hydrogen-bond acceptors (Lipinski definition) is 6. The van der Waals surface area contributed by atoms with Crippen LogP contribution in [0.2, 0.25) is 0 Å². The van der Waals surface area contributed by atoms with Gasteiger partial charge in [-0.15, -0.1) is 5.10 Å². The molecule has 0 spiro atoms. The SMILES string of the molecule is CN(C)c1ccc(C=NNC(=O)c2ccc(-n3cnnn3)cc2)cc1. The maximum absolute atomic E-state index is 12.1. The van der Waals surface area contributed by atoms with Gasteiger partial charge in [0.05, 0.1) is 11.9 Å². The molecule has 0 atom stereocenters. The van der Waals surface area contributed by atoms with Crippen LogP contribution in [0.1, 0.15) is 15.9 Å². The summed E-state index contributed by atoms with van der Waals surface area (Å²) in [6.07, 6.45) is 3.09. The second kappa shape index (κ2) is 7.35. The standard InChI is InChI=1S/C17H17N7O/c1-23(2)15-7-3-13(4-8-15)11-18-20-17(25)14-5-9-16(10-6-14)24-12-19-21-22-24/h3-12H,1-2H3,(H,20,25). The highest BCUT2D eigenvalue weighted by atomic mass is 16.2. The Bertz CT molecular complexity index is 853. The van der Waals surface area contributed by atoms with E-state index in [1.54, 1.807) is 30.5 Å². The molecule has 1 aromatic heterocycles. The molecule has 0 radical (unpaired) electrons. The average Bonchev–Trinajstić information content (AvgIpc) is 3.17. The molecule has 0 aliphatic rings. The van der Waals surface area contributed by atoms with Crippen molar-refractivity contribution in [1.29, 1.82) is 0 Å². The third kappa shape index (κ3) is 4.05. The van der Waals surface area contributed by atoms with Crippen LogP contribution in [0.5, 0.6) is 0 Å². The lowest BCUT2D eigenvalue weighted by atomic mass is 10.2. The highest BCUT2D eigenvalue weighted by molar-refractivity contribution is 5.95. The van der Waals surface area contributed by atoms with Gasteiger partial charge in [-0.3, -0.25) is 4.79 Å². The van der Waals surface area contributed by atoms with Crippen LogP contribution in [0, 0.1) is 0 Å². The first-order chi connectivity index (χ1) is 12.1. The van der Waals surface area contributed by atoms with E-state index in [4.69, 9.17) is 0 Å². The van der Waals surface area contributed by atoms with Gasteiger partial charge in [-0.2, -0.15) is 5.10 Å². The van der Waals surface area contributed by atoms with Crippen molar-refractivity contribution in [3.63, 3.8) is 0 Å². The predicted octanol–water partition coefficient (Wildman–Crippen LogP) is 1.49. The molecule has 0 aliphatic heterocycles. The molecule has 0 saturated carbocycles. The smallest absolute Gasteiger partial charge is 0.271 e. The molecule has 126 valence electrons. The van der Waals surface area contributed by atoms with E-state index >= 15 is 0 Å². The maximum atomic E-state index is 12.1. The molecule has 2 aromatic carbocycles. The maximum Gasteiger partial charge on any atom is 0.271 e. The Hall–Kier alpha value is -3.55. The summed E-state index contributed by atoms with van der Waals surface area (Å²) in [6.45, 7) is 0. The van der Waals surface area contributed by atoms with E-state index in [9.17, 15) is 4.79 Å². The van der Waals surface area contributed by atoms with Crippen molar-refractivity contribution >= 4 is 17.8 Å². The Morgan fingerprint density at radius 3 is 2.44 bits per heavy atom. The van der Waals surface area contributed by atoms with Crippen molar-refractivity contribution in [2.45, 2.75) is 0 Å². The number of aromatic nitrogens is 4. The molecule has 8 heteroatoms. The van der Waals surface area contributed by atoms with Crippen LogP contribution in [0.3, 0.4) is 0 Å². The number of tetrazole rings is 1. The van der Waals surface area contributed by atoms with Crippen LogP contribution >= 0.6 is 0 Å². The normalized spacial score (nSPS) is 10.8. The Labute approximate surface area is 144 Å². The first-order valence-electron chi connectivity index (χ1n) is 7.58. The van der Waals surface area contributed by atoms with Gasteiger partial charge in [0.1, 0.15) is 6.33 Å². The molecule has 8 nitrogen and oxygen atoms in total. The largest absolute Gasteiger partial charge is 0.378 e. The summed E-state index contributed by atoms with van der Waals surface area (Å²) in [6, 6.07) is 14.7. The highest BCUT2D eigenvalue weighted by Crippen LogP contribution is 2.11. The Kier molecular flexibility index (Phi) is 4.79. The molecule has 0 bridgehead atoms. The van der Waals surface area contributed by atoms with Gasteiger partial charge in [0.15, 0.2) is 0 Å². The molecule has 1 N–H and O–H groups in total. The summed E-state index contributed by atoms with van der Waals surface area (Å²) < 4.78 is 1.51. The molecule has 0 saturated heterocycles. The molecular formula is C17H17N7O. The molecule has 3 rings (SSSR count). The van der Waals surface area contributed by atoms with Crippen LogP contribution in [0.25, 0.3) is 5.69 Å². The quantitative estimate of drug-likeness (QED) is 0.564. The molecular weight excluding hydrogens is 318 g/mol. The zero-order valence-corrected chi connectivity index (χ0v) is 13.9. The third-order valence-corrected chi connectivity index (χ3v) is 3.53. The Balaban J connectivity index is 1.60. The van der Waals surface area contributed by atoms with Crippen molar-refractivity contribution in [2.75, 3.05) is 19.0 Å². The van der Waals surface area contributed by atoms with Gasteiger partial charge in [0, 0.05) is 25.3 Å². The zero-order chi connectivity index (χ0) is 17.6. The van der Waals surface area contributed by atoms with E-state index in [-0.39, 0.29) is 5.91 Å². The van der Waals surface area contributed by atoms with Gasteiger partial charge in [-0.1, -0.05) is 12.1 Å². The summed E-state index contributed by atoms with van der Waals surface area (Å²) in [4.78, 5) is 14.1. The molecule has 3 aromatic rings. The summed E-state index contributed by atoms with van der Waals surface area (Å²) in [7, 11) is 3.96. The number of amides is 1. The molecule has 0 unspecified atom stereocenters. The van der Waals surface area contributed by atoms with Gasteiger partial charge >= 0.3 is 0 Å². The minimum atomic E-state index is -0.288. The summed E-state index contributed by atoms with van der Waals surface area (Å²) >= 11 is 0. The number of hydrogen-bond donors (Lipinski definition) is 1. The van der Waals surface area contributed by atoms with Crippen molar-refractivity contribution in [1.82, 2.24) is 25.6 Å². The van der Waals surface area contributed by atoms with Gasteiger partial charge in [-0.05, 0) is 52.4 Å². The Morgan fingerprint density at radius 1 is 1.12 bits per heavy atom. The number of carbonyl (C=O) groups is 1. The lowest BCUT2D eigenvalue weighted by molar-refractivity contribution is 0.0955. The zero-order valence-electron chi connectivity index (χ0n) is 13.9. The molecule has 25 heavy (non-hydrogen) atoms. The number of nitrogens with one attached hydrogen (secondary N) is 1. The van der Waals surface area contributed by atoms with E-state index in [0.717, 1.165) is 16.9 Å². The number of hydrazone groups is 1. The number of anilines is 1. The van der Waals surface area contributed by atoms with Crippen molar-refractivity contribution < 1.29 is 4.79 Å². The van der Waals surface area contributed by atoms with Gasteiger partial charge in [0.25, 0.3) is 5.91 Å². The lowest BCUT2D eigenvalue weighted by Crippen LogP contribution is -2.17. The van der Waals surface area contributed by atoms with Crippen LogP contribution in [0.15, 0.2) is 60.0 Å². The predicted molar refractivity (Wildman–Crippen MR) is 95.0 cm³/mol. The second-order valence-electron chi connectivity index (χ2n) is 5.49. The highest BCUT2D eigenvalue weighted by Gasteiger charge is 2.05. The van der Waals surface area contributed by atoms with Crippen molar-refractivity contribution in [3.8, 4) is 5.69 Å². The molecule has 0 fully saturated rings. The minimum absolute atomic E-state index is 0.288. The fourth-order valence-corrected chi connectivity index (χ4v) is 2.13. The third-order valence-electron chi connectivity index (χ3n) is 3.53. The molecule has 1 heterocycles. The summed E-state index contributed by atoms with van der Waals surface area (Å²) in [5, 5.41) is 14.9. The van der Waals surface area contributed by atoms with Crippen LogP contribution in [-0.4, -0.2) is 46.4 Å². The Morgan fingerprint density at radius 2 is 1.84 bits per heavy atom. The first-order valence-corrected chi connectivity index (χ1v) is 7.58. The van der Waals surface area contributed by atoms with E-state index < -0.39 is 0 Å². The lowest BCUT2D eigenvalue weighted by Gasteiger charge is -2.11. The van der Waals surface area contributed by atoms with Gasteiger partial charge in [0.2, 0.25) is 0 Å². The summed E-state index contributed by atoms with van der Waals surface area (Å²) in [5.41, 5.74) is 5.78. The fraction of sp³-hybridized carbons (Fsp3) is 0.118. The second-order valence-corrected chi connectivity index (χ2v) is 5.49. The molecule has 0 aliphatic carbocycles. The average molecular weight is 335 g/mol. The van der Waals surface area contributed by atoms with Crippen molar-refractivity contribution in [2.24, 2.45) is 5.10 Å². The minimum Gasteiger partial charge on any atom is -0.378 e. The monoisotopic (exact) mass is 335 g/mol. The number of benzene rings is 2. The van der Waals surface area contributed by atoms with E-state index in [0.29, 0.717) is 5.56 Å². The number of nitrogens with zero attached hydrogens (tertiary/aromatic N) is 6. The van der Waals surface area contributed by atoms with Crippen LogP contribution in [0.4, 0.5) is 5.69 Å². The number of carbonyl (C=O) groups excluding carboxylic acids is 1. The van der Waals surface area contributed by atoms with E-state index in [1.807, 2.05) is 43.3 Å². The number of rotatable bonds is 5. The summed E-state index contributed by atoms with van der Waals surface area (Å²) in [5.74, 6) is -0.288. The van der Waals surface area contributed by atoms with Gasteiger partial charge in [-0.25, -0.2) is 10.1 Å². The fourth-order valence-electron chi connectivity index (χ4n) is 2.13. The van der Waals surface area contributed by atoms with E-state index in [2.05, 4.69) is 26.1 Å². The topological polar surface area (TPSA) is 88.3 Å². The first kappa shape index (κ1) is 16.3. The van der Waals surface area contributed by atoms with Crippen LogP contribution < -0.4 is 10.3 Å².